The molecule has 1 spiro atoms. The Balaban J connectivity index is 1.34. The van der Waals surface area contributed by atoms with Gasteiger partial charge in [0.25, 0.3) is 5.91 Å². The zero-order chi connectivity index (χ0) is 17.4. The second-order valence-corrected chi connectivity index (χ2v) is 8.29. The summed E-state index contributed by atoms with van der Waals surface area (Å²) in [5.41, 5.74) is 1.90. The lowest BCUT2D eigenvalue weighted by Crippen LogP contribution is -2.31. The summed E-state index contributed by atoms with van der Waals surface area (Å²) >= 11 is 1.66. The fraction of sp³-hybridized carbons (Fsp3) is 0.400. The van der Waals surface area contributed by atoms with Crippen LogP contribution in [0.25, 0.3) is 0 Å². The van der Waals surface area contributed by atoms with E-state index in [0.717, 1.165) is 30.5 Å². The van der Waals surface area contributed by atoms with Gasteiger partial charge in [0.2, 0.25) is 5.91 Å². The van der Waals surface area contributed by atoms with Crippen molar-refractivity contribution in [3.8, 4) is 0 Å². The van der Waals surface area contributed by atoms with Crippen molar-refractivity contribution >= 4 is 23.2 Å². The van der Waals surface area contributed by atoms with E-state index < -0.39 is 0 Å². The molecule has 1 aromatic carbocycles. The molecule has 1 aliphatic carbocycles. The monoisotopic (exact) mass is 354 g/mol. The van der Waals surface area contributed by atoms with Crippen molar-refractivity contribution in [1.29, 1.82) is 0 Å². The van der Waals surface area contributed by atoms with Crippen LogP contribution in [0.1, 0.15) is 33.6 Å². The van der Waals surface area contributed by atoms with Crippen LogP contribution >= 0.6 is 11.3 Å². The van der Waals surface area contributed by atoms with Gasteiger partial charge >= 0.3 is 0 Å². The van der Waals surface area contributed by atoms with Crippen molar-refractivity contribution < 1.29 is 9.59 Å². The van der Waals surface area contributed by atoms with Crippen molar-refractivity contribution in [1.82, 2.24) is 10.2 Å². The van der Waals surface area contributed by atoms with Gasteiger partial charge in [-0.2, -0.15) is 0 Å². The highest BCUT2D eigenvalue weighted by Crippen LogP contribution is 2.58. The largest absolute Gasteiger partial charge is 0.351 e. The van der Waals surface area contributed by atoms with Gasteiger partial charge in [-0.1, -0.05) is 23.8 Å². The molecule has 4 rings (SSSR count). The predicted octanol–water partition coefficient (Wildman–Crippen LogP) is 3.23. The first-order valence-corrected chi connectivity index (χ1v) is 9.61. The number of aryl methyl sites for hydroxylation is 1. The average Bonchev–Trinajstić information content (AvgIpc) is 2.96. The number of likely N-dealkylation sites (tertiary alicyclic amines) is 1. The van der Waals surface area contributed by atoms with E-state index in [1.54, 1.807) is 11.3 Å². The number of nitrogens with one attached hydrogen (secondary N) is 1. The van der Waals surface area contributed by atoms with E-state index in [4.69, 9.17) is 0 Å². The van der Waals surface area contributed by atoms with E-state index in [-0.39, 0.29) is 23.1 Å². The molecular weight excluding hydrogens is 332 g/mol. The van der Waals surface area contributed by atoms with E-state index >= 15 is 0 Å². The summed E-state index contributed by atoms with van der Waals surface area (Å²) in [7, 11) is 0. The first-order chi connectivity index (χ1) is 12.1. The first kappa shape index (κ1) is 16.3. The van der Waals surface area contributed by atoms with Crippen LogP contribution in [-0.4, -0.2) is 29.8 Å². The topological polar surface area (TPSA) is 49.4 Å². The van der Waals surface area contributed by atoms with Crippen molar-refractivity contribution in [2.24, 2.45) is 11.3 Å². The van der Waals surface area contributed by atoms with Crippen LogP contribution in [-0.2, 0) is 11.3 Å². The zero-order valence-electron chi connectivity index (χ0n) is 14.3. The molecule has 1 aliphatic heterocycles. The number of rotatable bonds is 4. The summed E-state index contributed by atoms with van der Waals surface area (Å²) < 4.78 is 0. The molecule has 2 amide bonds. The van der Waals surface area contributed by atoms with Crippen LogP contribution in [0.5, 0.6) is 0 Å². The normalized spacial score (nSPS) is 24.5. The molecule has 2 atom stereocenters. The summed E-state index contributed by atoms with van der Waals surface area (Å²) in [6.07, 6.45) is 1.84. The van der Waals surface area contributed by atoms with Crippen molar-refractivity contribution in [2.75, 3.05) is 13.1 Å². The molecule has 1 aromatic heterocycles. The summed E-state index contributed by atoms with van der Waals surface area (Å²) in [6.45, 7) is 4.08. The molecule has 0 bridgehead atoms. The maximum atomic E-state index is 12.7. The minimum absolute atomic E-state index is 0.0138. The summed E-state index contributed by atoms with van der Waals surface area (Å²) in [6, 6.07) is 11.7. The fourth-order valence-electron chi connectivity index (χ4n) is 3.83. The molecule has 0 radical (unpaired) electrons. The highest BCUT2D eigenvalue weighted by atomic mass is 32.1. The van der Waals surface area contributed by atoms with Crippen LogP contribution in [0.3, 0.4) is 0 Å². The quantitative estimate of drug-likeness (QED) is 0.916. The zero-order valence-corrected chi connectivity index (χ0v) is 15.1. The Morgan fingerprint density at radius 3 is 2.80 bits per heavy atom. The van der Waals surface area contributed by atoms with Crippen molar-refractivity contribution in [3.05, 3.63) is 57.8 Å². The molecular formula is C20H22N2O2S. The van der Waals surface area contributed by atoms with Crippen molar-refractivity contribution in [2.45, 2.75) is 26.3 Å². The number of nitrogens with zero attached hydrogens (tertiary/aromatic N) is 1. The van der Waals surface area contributed by atoms with Crippen LogP contribution < -0.4 is 5.32 Å². The van der Waals surface area contributed by atoms with E-state index in [9.17, 15) is 9.59 Å². The van der Waals surface area contributed by atoms with Crippen molar-refractivity contribution in [3.63, 3.8) is 0 Å². The molecule has 2 heterocycles. The second kappa shape index (κ2) is 6.30. The second-order valence-electron chi connectivity index (χ2n) is 7.26. The number of hydrogen-bond acceptors (Lipinski definition) is 3. The van der Waals surface area contributed by atoms with Gasteiger partial charge in [-0.25, -0.2) is 0 Å². The van der Waals surface area contributed by atoms with E-state index in [0.29, 0.717) is 13.1 Å². The standard InChI is InChI=1S/C20H22N2O2S/c1-14-4-6-15(7-5-14)19(24)22-9-8-20(13-22)11-17(20)18(23)21-12-16-3-2-10-25-16/h2-7,10,17H,8-9,11-13H2,1H3,(H,21,23)/t17-,20-/m1/s1. The Kier molecular flexibility index (Phi) is 4.12. The van der Waals surface area contributed by atoms with Crippen LogP contribution in [0.2, 0.25) is 0 Å². The maximum absolute atomic E-state index is 12.7. The summed E-state index contributed by atoms with van der Waals surface area (Å²) in [4.78, 5) is 28.2. The number of hydrogen-bond donors (Lipinski definition) is 1. The van der Waals surface area contributed by atoms with Gasteiger partial charge in [0.15, 0.2) is 0 Å². The molecule has 0 unspecified atom stereocenters. The lowest BCUT2D eigenvalue weighted by Gasteiger charge is -2.17. The smallest absolute Gasteiger partial charge is 0.253 e. The molecule has 130 valence electrons. The van der Waals surface area contributed by atoms with Gasteiger partial charge in [0.05, 0.1) is 6.54 Å². The molecule has 2 aliphatic rings. The molecule has 1 saturated carbocycles. The third-order valence-corrected chi connectivity index (χ3v) is 6.37. The van der Waals surface area contributed by atoms with Gasteiger partial charge in [-0.3, -0.25) is 9.59 Å². The van der Waals surface area contributed by atoms with Gasteiger partial charge in [0, 0.05) is 34.9 Å². The maximum Gasteiger partial charge on any atom is 0.253 e. The van der Waals surface area contributed by atoms with E-state index in [1.807, 2.05) is 53.6 Å². The Hall–Kier alpha value is -2.14. The minimum Gasteiger partial charge on any atom is -0.351 e. The summed E-state index contributed by atoms with van der Waals surface area (Å²) in [5.74, 6) is 0.280. The average molecular weight is 354 g/mol. The molecule has 4 nitrogen and oxygen atoms in total. The van der Waals surface area contributed by atoms with Gasteiger partial charge in [-0.15, -0.1) is 11.3 Å². The lowest BCUT2D eigenvalue weighted by molar-refractivity contribution is -0.123. The van der Waals surface area contributed by atoms with Crippen LogP contribution in [0.4, 0.5) is 0 Å². The lowest BCUT2D eigenvalue weighted by atomic mass is 10.0. The predicted molar refractivity (Wildman–Crippen MR) is 98.4 cm³/mol. The SMILES string of the molecule is Cc1ccc(C(=O)N2CC[C@@]3(C[C@@H]3C(=O)NCc3cccs3)C2)cc1. The Morgan fingerprint density at radius 2 is 2.08 bits per heavy atom. The number of benzene rings is 1. The molecule has 1 N–H and O–H groups in total. The molecule has 5 heteroatoms. The third-order valence-electron chi connectivity index (χ3n) is 5.49. The van der Waals surface area contributed by atoms with Gasteiger partial charge in [-0.05, 0) is 43.3 Å². The van der Waals surface area contributed by atoms with Crippen LogP contribution in [0, 0.1) is 18.3 Å². The minimum atomic E-state index is 0.0138. The molecule has 1 saturated heterocycles. The number of thiophene rings is 1. The number of carbonyl (C=O) groups is 2. The van der Waals surface area contributed by atoms with E-state index in [1.165, 1.54) is 4.88 Å². The van der Waals surface area contributed by atoms with E-state index in [2.05, 4.69) is 5.32 Å². The third kappa shape index (κ3) is 3.21. The fourth-order valence-corrected chi connectivity index (χ4v) is 4.47. The summed E-state index contributed by atoms with van der Waals surface area (Å²) in [5, 5.41) is 5.07. The molecule has 2 aromatic rings. The highest BCUT2D eigenvalue weighted by Gasteiger charge is 2.61. The van der Waals surface area contributed by atoms with Gasteiger partial charge < -0.3 is 10.2 Å². The van der Waals surface area contributed by atoms with Gasteiger partial charge in [0.1, 0.15) is 0 Å². The van der Waals surface area contributed by atoms with Crippen LogP contribution in [0.15, 0.2) is 41.8 Å². The Labute approximate surface area is 151 Å². The molecule has 2 fully saturated rings. The Morgan fingerprint density at radius 1 is 1.28 bits per heavy atom. The molecule has 25 heavy (non-hydrogen) atoms. The number of amides is 2. The Bertz CT molecular complexity index is 785. The first-order valence-electron chi connectivity index (χ1n) is 8.73. The highest BCUT2D eigenvalue weighted by molar-refractivity contribution is 7.09. The number of carbonyl (C=O) groups excluding carboxylic acids is 2.